The Morgan fingerprint density at radius 1 is 1.38 bits per heavy atom. The average molecular weight is 353 g/mol. The Bertz CT molecular complexity index is 574. The highest BCUT2D eigenvalue weighted by Gasteiger charge is 2.30. The second-order valence-electron chi connectivity index (χ2n) is 7.23. The topological polar surface area (TPSA) is 86.5 Å². The van der Waals surface area contributed by atoms with Crippen molar-refractivity contribution in [1.29, 1.82) is 5.26 Å². The predicted octanol–water partition coefficient (Wildman–Crippen LogP) is 3.23. The lowest BCUT2D eigenvalue weighted by molar-refractivity contribution is 0.0482. The molecule has 2 rings (SSSR count). The quantitative estimate of drug-likeness (QED) is 0.747. The number of halogens is 1. The van der Waals surface area contributed by atoms with Gasteiger partial charge in [0.2, 0.25) is 0 Å². The molecule has 132 valence electrons. The van der Waals surface area contributed by atoms with Crippen LogP contribution in [0.4, 0.5) is 4.79 Å². The number of carbonyl (C=O) groups excluding carboxylic acids is 1. The van der Waals surface area contributed by atoms with E-state index in [2.05, 4.69) is 21.7 Å². The van der Waals surface area contributed by atoms with E-state index in [4.69, 9.17) is 21.6 Å². The highest BCUT2D eigenvalue weighted by atomic mass is 35.5. The molecule has 3 atom stereocenters. The molecule has 0 spiro atoms. The van der Waals surface area contributed by atoms with Crippen LogP contribution < -0.4 is 10.6 Å². The van der Waals surface area contributed by atoms with Gasteiger partial charge in [0.05, 0.1) is 23.1 Å². The van der Waals surface area contributed by atoms with Gasteiger partial charge in [0.25, 0.3) is 0 Å². The first kappa shape index (κ1) is 18.6. The molecule has 0 aromatic carbocycles. The molecule has 1 amide bonds. The molecule has 0 radical (unpaired) electrons. The maximum absolute atomic E-state index is 12.0. The molecule has 1 aliphatic carbocycles. The molecule has 0 bridgehead atoms. The Hall–Kier alpha value is -1.74. The van der Waals surface area contributed by atoms with Gasteiger partial charge in [-0.15, -0.1) is 11.6 Å². The van der Waals surface area contributed by atoms with E-state index in [0.29, 0.717) is 12.0 Å². The first-order valence-electron chi connectivity index (χ1n) is 8.35. The number of amidine groups is 1. The molecule has 2 N–H and O–H groups in total. The van der Waals surface area contributed by atoms with E-state index in [1.165, 1.54) is 6.20 Å². The summed E-state index contributed by atoms with van der Waals surface area (Å²) in [6, 6.07) is 2.14. The number of alkyl halides is 1. The molecular formula is C17H25ClN4O2. The fraction of sp³-hybridized carbons (Fsp3) is 0.706. The minimum Gasteiger partial charge on any atom is -0.444 e. The summed E-state index contributed by atoms with van der Waals surface area (Å²) in [4.78, 5) is 16.3. The summed E-state index contributed by atoms with van der Waals surface area (Å²) in [5, 5.41) is 15.0. The Balaban J connectivity index is 1.97. The lowest BCUT2D eigenvalue weighted by atomic mass is 9.90. The summed E-state index contributed by atoms with van der Waals surface area (Å²) >= 11 is 6.19. The summed E-state index contributed by atoms with van der Waals surface area (Å²) in [5.74, 6) is 0.761. The number of amides is 1. The standard InChI is InChI=1S/C17H25ClN4O2/c1-17(2,3)24-16(23)22-14-7-5-4-6-13(14)21-15-8-12(18)11(9-19)10-20-15/h10,12-14H,4-8H2,1-3H3,(H,20,21)(H,22,23)/t12-,13-,14+/m1/s1. The van der Waals surface area contributed by atoms with Crippen molar-refractivity contribution < 1.29 is 9.53 Å². The number of nitriles is 1. The number of allylic oxidation sites excluding steroid dienone is 1. The number of ether oxygens (including phenoxy) is 1. The molecular weight excluding hydrogens is 328 g/mol. The highest BCUT2D eigenvalue weighted by molar-refractivity contribution is 6.24. The number of nitrogens with zero attached hydrogens (tertiary/aromatic N) is 2. The number of hydrogen-bond donors (Lipinski definition) is 2. The van der Waals surface area contributed by atoms with E-state index in [9.17, 15) is 4.79 Å². The monoisotopic (exact) mass is 352 g/mol. The van der Waals surface area contributed by atoms with Crippen molar-refractivity contribution in [2.24, 2.45) is 4.99 Å². The van der Waals surface area contributed by atoms with Gasteiger partial charge >= 0.3 is 6.09 Å². The minimum atomic E-state index is -0.514. The number of hydrogen-bond acceptors (Lipinski definition) is 5. The molecule has 0 aromatic rings. The van der Waals surface area contributed by atoms with Crippen LogP contribution in [0.1, 0.15) is 52.9 Å². The predicted molar refractivity (Wildman–Crippen MR) is 93.9 cm³/mol. The van der Waals surface area contributed by atoms with Gasteiger partial charge in [0.15, 0.2) is 0 Å². The minimum absolute atomic E-state index is 0.00795. The first-order chi connectivity index (χ1) is 11.3. The summed E-state index contributed by atoms with van der Waals surface area (Å²) in [6.45, 7) is 5.54. The van der Waals surface area contributed by atoms with Crippen molar-refractivity contribution in [2.75, 3.05) is 0 Å². The SMILES string of the molecule is CC(C)(C)OC(=O)N[C@H]1CCCC[C@H]1NC1=NC=C(C#N)[C@H](Cl)C1. The third-order valence-electron chi connectivity index (χ3n) is 4.02. The Kier molecular flexibility index (Phi) is 6.11. The van der Waals surface area contributed by atoms with Crippen molar-refractivity contribution >= 4 is 23.5 Å². The smallest absolute Gasteiger partial charge is 0.407 e. The van der Waals surface area contributed by atoms with Crippen LogP contribution in [0.5, 0.6) is 0 Å². The zero-order valence-electron chi connectivity index (χ0n) is 14.4. The van der Waals surface area contributed by atoms with Gasteiger partial charge in [-0.25, -0.2) is 9.79 Å². The normalized spacial score (nSPS) is 27.4. The van der Waals surface area contributed by atoms with Gasteiger partial charge in [0.1, 0.15) is 11.4 Å². The number of nitrogens with one attached hydrogen (secondary N) is 2. The molecule has 1 saturated carbocycles. The van der Waals surface area contributed by atoms with E-state index < -0.39 is 11.7 Å². The number of carbonyl (C=O) groups is 1. The van der Waals surface area contributed by atoms with Crippen LogP contribution in [0.25, 0.3) is 0 Å². The van der Waals surface area contributed by atoms with Crippen LogP contribution >= 0.6 is 11.6 Å². The third-order valence-corrected chi connectivity index (χ3v) is 4.41. The van der Waals surface area contributed by atoms with E-state index in [-0.39, 0.29) is 17.5 Å². The number of rotatable bonds is 2. The van der Waals surface area contributed by atoms with Crippen LogP contribution in [-0.2, 0) is 4.74 Å². The van der Waals surface area contributed by atoms with Crippen LogP contribution in [0.15, 0.2) is 16.8 Å². The molecule has 1 aliphatic heterocycles. The molecule has 2 aliphatic rings. The summed E-state index contributed by atoms with van der Waals surface area (Å²) in [6.07, 6.45) is 5.63. The average Bonchev–Trinajstić information content (AvgIpc) is 2.47. The second-order valence-corrected chi connectivity index (χ2v) is 7.76. The Morgan fingerprint density at radius 2 is 2.04 bits per heavy atom. The fourth-order valence-electron chi connectivity index (χ4n) is 2.91. The Labute approximate surface area is 148 Å². The number of aliphatic imine (C=N–C) groups is 1. The van der Waals surface area contributed by atoms with Gasteiger partial charge in [-0.2, -0.15) is 5.26 Å². The van der Waals surface area contributed by atoms with Gasteiger partial charge < -0.3 is 15.4 Å². The van der Waals surface area contributed by atoms with Crippen LogP contribution in [0.3, 0.4) is 0 Å². The van der Waals surface area contributed by atoms with Crippen molar-refractivity contribution in [3.8, 4) is 6.07 Å². The number of alkyl carbamates (subject to hydrolysis) is 1. The Morgan fingerprint density at radius 3 is 2.62 bits per heavy atom. The van der Waals surface area contributed by atoms with Gasteiger partial charge in [-0.3, -0.25) is 0 Å². The second kappa shape index (κ2) is 7.89. The van der Waals surface area contributed by atoms with Gasteiger partial charge in [0, 0.05) is 18.7 Å². The van der Waals surface area contributed by atoms with Crippen molar-refractivity contribution in [2.45, 2.75) is 75.9 Å². The molecule has 1 fully saturated rings. The van der Waals surface area contributed by atoms with Crippen LogP contribution in [-0.4, -0.2) is 35.0 Å². The van der Waals surface area contributed by atoms with E-state index in [1.54, 1.807) is 0 Å². The highest BCUT2D eigenvalue weighted by Crippen LogP contribution is 2.22. The molecule has 0 aromatic heterocycles. The van der Waals surface area contributed by atoms with Crippen LogP contribution in [0.2, 0.25) is 0 Å². The molecule has 7 heteroatoms. The van der Waals surface area contributed by atoms with E-state index >= 15 is 0 Å². The largest absolute Gasteiger partial charge is 0.444 e. The molecule has 1 heterocycles. The summed E-state index contributed by atoms with van der Waals surface area (Å²) < 4.78 is 5.35. The zero-order valence-corrected chi connectivity index (χ0v) is 15.2. The van der Waals surface area contributed by atoms with Gasteiger partial charge in [-0.1, -0.05) is 12.8 Å². The maximum atomic E-state index is 12.0. The van der Waals surface area contributed by atoms with E-state index in [0.717, 1.165) is 31.5 Å². The molecule has 0 unspecified atom stereocenters. The van der Waals surface area contributed by atoms with E-state index in [1.807, 2.05) is 20.8 Å². The lowest BCUT2D eigenvalue weighted by Gasteiger charge is -2.34. The first-order valence-corrected chi connectivity index (χ1v) is 8.79. The van der Waals surface area contributed by atoms with Crippen molar-refractivity contribution in [3.05, 3.63) is 11.8 Å². The summed E-state index contributed by atoms with van der Waals surface area (Å²) in [5.41, 5.74) is -0.0336. The van der Waals surface area contributed by atoms with Crippen molar-refractivity contribution in [1.82, 2.24) is 10.6 Å². The van der Waals surface area contributed by atoms with Gasteiger partial charge in [-0.05, 0) is 33.6 Å². The van der Waals surface area contributed by atoms with Crippen LogP contribution in [0, 0.1) is 11.3 Å². The molecule has 6 nitrogen and oxygen atoms in total. The fourth-order valence-corrected chi connectivity index (χ4v) is 3.16. The zero-order chi connectivity index (χ0) is 17.7. The van der Waals surface area contributed by atoms with Crippen molar-refractivity contribution in [3.63, 3.8) is 0 Å². The molecule has 24 heavy (non-hydrogen) atoms. The summed E-state index contributed by atoms with van der Waals surface area (Å²) in [7, 11) is 0. The third kappa shape index (κ3) is 5.41. The maximum Gasteiger partial charge on any atom is 0.407 e. The lowest BCUT2D eigenvalue weighted by Crippen LogP contribution is -2.54. The molecule has 0 saturated heterocycles.